The number of benzene rings is 3. The van der Waals surface area contributed by atoms with Crippen LogP contribution in [-0.4, -0.2) is 27.7 Å². The van der Waals surface area contributed by atoms with Gasteiger partial charge in [-0.1, -0.05) is 78.9 Å². The lowest BCUT2D eigenvalue weighted by atomic mass is 9.98. The van der Waals surface area contributed by atoms with E-state index in [-0.39, 0.29) is 13.1 Å². The van der Waals surface area contributed by atoms with E-state index in [1.165, 1.54) is 4.90 Å². The maximum Gasteiger partial charge on any atom is 0.341 e. The van der Waals surface area contributed by atoms with Crippen molar-refractivity contribution in [2.45, 2.75) is 18.8 Å². The molecule has 3 amide bonds. The molecule has 30 heavy (non-hydrogen) atoms. The highest BCUT2D eigenvalue weighted by molar-refractivity contribution is 6.11. The fourth-order valence-electron chi connectivity index (χ4n) is 4.08. The molecule has 1 saturated heterocycles. The summed E-state index contributed by atoms with van der Waals surface area (Å²) in [4.78, 5) is 42.2. The van der Waals surface area contributed by atoms with Gasteiger partial charge in [-0.25, -0.2) is 9.59 Å². The molecule has 2 heterocycles. The quantitative estimate of drug-likeness (QED) is 0.497. The van der Waals surface area contributed by atoms with Crippen LogP contribution in [0.4, 0.5) is 4.79 Å². The number of esters is 1. The van der Waals surface area contributed by atoms with Crippen molar-refractivity contribution in [3.63, 3.8) is 0 Å². The summed E-state index contributed by atoms with van der Waals surface area (Å²) >= 11 is 0. The van der Waals surface area contributed by atoms with Gasteiger partial charge in [0.05, 0.1) is 18.7 Å². The summed E-state index contributed by atoms with van der Waals surface area (Å²) in [6, 6.07) is 24.9. The smallest absolute Gasteiger partial charge is 0.341 e. The van der Waals surface area contributed by atoms with E-state index in [0.717, 1.165) is 16.0 Å². The first kappa shape index (κ1) is 18.1. The second-order valence-electron chi connectivity index (χ2n) is 7.31. The number of imide groups is 1. The predicted molar refractivity (Wildman–Crippen MR) is 108 cm³/mol. The second-order valence-corrected chi connectivity index (χ2v) is 7.31. The lowest BCUT2D eigenvalue weighted by molar-refractivity contribution is -0.155. The molecule has 1 spiro atoms. The van der Waals surface area contributed by atoms with Crippen molar-refractivity contribution in [3.05, 3.63) is 107 Å². The summed E-state index contributed by atoms with van der Waals surface area (Å²) in [6.07, 6.45) is 0. The van der Waals surface area contributed by atoms with Crippen LogP contribution in [0.15, 0.2) is 84.9 Å². The third-order valence-electron chi connectivity index (χ3n) is 5.50. The van der Waals surface area contributed by atoms with E-state index < -0.39 is 23.6 Å². The standard InChI is InChI=1S/C24H18N2O4/c27-21-19-13-7-8-14-20(19)24(30-21)22(28)25(15-17-9-3-1-4-10-17)23(29)26(24)16-18-11-5-2-6-12-18/h1-14H,15-16H2. The van der Waals surface area contributed by atoms with Gasteiger partial charge >= 0.3 is 17.9 Å². The molecule has 1 unspecified atom stereocenters. The van der Waals surface area contributed by atoms with Crippen molar-refractivity contribution >= 4 is 17.9 Å². The van der Waals surface area contributed by atoms with Crippen LogP contribution in [0.3, 0.4) is 0 Å². The highest BCUT2D eigenvalue weighted by Crippen LogP contribution is 2.46. The number of carbonyl (C=O) groups excluding carboxylic acids is 3. The zero-order chi connectivity index (χ0) is 20.7. The lowest BCUT2D eigenvalue weighted by Crippen LogP contribution is -2.46. The third-order valence-corrected chi connectivity index (χ3v) is 5.50. The minimum absolute atomic E-state index is 0.102. The van der Waals surface area contributed by atoms with Crippen molar-refractivity contribution in [1.82, 2.24) is 9.80 Å². The summed E-state index contributed by atoms with van der Waals surface area (Å²) in [5.41, 5.74) is 0.571. The number of hydrogen-bond acceptors (Lipinski definition) is 4. The lowest BCUT2D eigenvalue weighted by Gasteiger charge is -2.30. The molecule has 0 N–H and O–H groups in total. The van der Waals surface area contributed by atoms with E-state index in [1.807, 2.05) is 60.7 Å². The summed E-state index contributed by atoms with van der Waals surface area (Å²) in [6.45, 7) is 0.240. The van der Waals surface area contributed by atoms with E-state index in [1.54, 1.807) is 24.3 Å². The van der Waals surface area contributed by atoms with Gasteiger partial charge in [0.2, 0.25) is 0 Å². The number of nitrogens with zero attached hydrogens (tertiary/aromatic N) is 2. The Kier molecular flexibility index (Phi) is 4.13. The Morgan fingerprint density at radius 2 is 1.27 bits per heavy atom. The van der Waals surface area contributed by atoms with Gasteiger partial charge in [-0.3, -0.25) is 14.6 Å². The molecular weight excluding hydrogens is 380 g/mol. The van der Waals surface area contributed by atoms with Crippen LogP contribution < -0.4 is 0 Å². The Bertz CT molecular complexity index is 1150. The molecule has 3 aromatic rings. The zero-order valence-electron chi connectivity index (χ0n) is 16.0. The molecule has 148 valence electrons. The number of ether oxygens (including phenoxy) is 1. The first-order valence-corrected chi connectivity index (χ1v) is 9.65. The van der Waals surface area contributed by atoms with Gasteiger partial charge in [0.15, 0.2) is 0 Å². The van der Waals surface area contributed by atoms with Crippen LogP contribution >= 0.6 is 0 Å². The molecule has 6 nitrogen and oxygen atoms in total. The van der Waals surface area contributed by atoms with E-state index >= 15 is 0 Å². The monoisotopic (exact) mass is 398 g/mol. The van der Waals surface area contributed by atoms with E-state index in [9.17, 15) is 14.4 Å². The van der Waals surface area contributed by atoms with Gasteiger partial charge in [0, 0.05) is 5.56 Å². The number of urea groups is 1. The molecule has 1 atom stereocenters. The first-order valence-electron chi connectivity index (χ1n) is 9.65. The van der Waals surface area contributed by atoms with Crippen LogP contribution in [0.2, 0.25) is 0 Å². The van der Waals surface area contributed by atoms with Crippen LogP contribution in [-0.2, 0) is 28.3 Å². The maximum atomic E-state index is 13.6. The van der Waals surface area contributed by atoms with Crippen molar-refractivity contribution in [2.75, 3.05) is 0 Å². The maximum absolute atomic E-state index is 13.6. The molecule has 1 fully saturated rings. The van der Waals surface area contributed by atoms with Crippen LogP contribution in [0.1, 0.15) is 27.0 Å². The predicted octanol–water partition coefficient (Wildman–Crippen LogP) is 3.67. The van der Waals surface area contributed by atoms with Gasteiger partial charge < -0.3 is 4.74 Å². The minimum Gasteiger partial charge on any atom is -0.421 e. The van der Waals surface area contributed by atoms with E-state index in [4.69, 9.17) is 4.74 Å². The van der Waals surface area contributed by atoms with Crippen LogP contribution in [0.5, 0.6) is 0 Å². The first-order chi connectivity index (χ1) is 14.6. The average molecular weight is 398 g/mol. The molecule has 0 aliphatic carbocycles. The van der Waals surface area contributed by atoms with Gasteiger partial charge in [-0.2, -0.15) is 0 Å². The van der Waals surface area contributed by atoms with Crippen molar-refractivity contribution in [1.29, 1.82) is 0 Å². The topological polar surface area (TPSA) is 66.9 Å². The highest BCUT2D eigenvalue weighted by atomic mass is 16.6. The SMILES string of the molecule is O=C1OC2(C(=O)N(Cc3ccccc3)C(=O)N2Cc2ccccc2)c2ccccc21. The molecular formula is C24H18N2O4. The highest BCUT2D eigenvalue weighted by Gasteiger charge is 2.65. The Morgan fingerprint density at radius 3 is 1.93 bits per heavy atom. The molecule has 0 aromatic heterocycles. The second kappa shape index (κ2) is 6.84. The van der Waals surface area contributed by atoms with Gasteiger partial charge in [0.25, 0.3) is 5.72 Å². The number of carbonyl (C=O) groups is 3. The molecule has 5 rings (SSSR count). The summed E-state index contributed by atoms with van der Waals surface area (Å²) in [7, 11) is 0. The largest absolute Gasteiger partial charge is 0.421 e. The molecule has 2 aliphatic heterocycles. The van der Waals surface area contributed by atoms with Crippen molar-refractivity contribution in [3.8, 4) is 0 Å². The summed E-state index contributed by atoms with van der Waals surface area (Å²) in [5, 5.41) is 0. The number of fused-ring (bicyclic) bond motifs is 2. The van der Waals surface area contributed by atoms with Crippen LogP contribution in [0, 0.1) is 0 Å². The van der Waals surface area contributed by atoms with Crippen molar-refractivity contribution in [2.24, 2.45) is 0 Å². The molecule has 0 saturated carbocycles. The Hall–Kier alpha value is -3.93. The molecule has 6 heteroatoms. The third kappa shape index (κ3) is 2.61. The van der Waals surface area contributed by atoms with Gasteiger partial charge in [0.1, 0.15) is 0 Å². The Balaban J connectivity index is 1.62. The fourth-order valence-corrected chi connectivity index (χ4v) is 4.08. The number of rotatable bonds is 4. The minimum atomic E-state index is -1.78. The molecule has 3 aromatic carbocycles. The van der Waals surface area contributed by atoms with Crippen LogP contribution in [0.25, 0.3) is 0 Å². The Morgan fingerprint density at radius 1 is 0.700 bits per heavy atom. The van der Waals surface area contributed by atoms with Crippen molar-refractivity contribution < 1.29 is 19.1 Å². The summed E-state index contributed by atoms with van der Waals surface area (Å²) in [5.74, 6) is -1.16. The average Bonchev–Trinajstić information content (AvgIpc) is 3.18. The van der Waals surface area contributed by atoms with E-state index in [2.05, 4.69) is 0 Å². The fraction of sp³-hybridized carbons (Fsp3) is 0.125. The number of amides is 3. The summed E-state index contributed by atoms with van der Waals surface area (Å²) < 4.78 is 5.69. The molecule has 0 radical (unpaired) electrons. The van der Waals surface area contributed by atoms with Gasteiger partial charge in [-0.15, -0.1) is 0 Å². The normalized spacial score (nSPS) is 20.1. The zero-order valence-corrected chi connectivity index (χ0v) is 16.0. The Labute approximate surface area is 173 Å². The van der Waals surface area contributed by atoms with Gasteiger partial charge in [-0.05, 0) is 17.2 Å². The number of hydrogen-bond donors (Lipinski definition) is 0. The molecule has 2 aliphatic rings. The molecule has 0 bridgehead atoms. The van der Waals surface area contributed by atoms with E-state index in [0.29, 0.717) is 11.1 Å².